The summed E-state index contributed by atoms with van der Waals surface area (Å²) >= 11 is 6.08. The average Bonchev–Trinajstić information content (AvgIpc) is 2.55. The van der Waals surface area contributed by atoms with Gasteiger partial charge in [0, 0.05) is 27.9 Å². The number of rotatable bonds is 2. The van der Waals surface area contributed by atoms with Crippen LogP contribution in [-0.4, -0.2) is 9.97 Å². The maximum atomic E-state index is 6.08. The van der Waals surface area contributed by atoms with Crippen LogP contribution in [0.25, 0.3) is 21.8 Å². The number of halogens is 1. The molecule has 0 saturated carbocycles. The Bertz CT molecular complexity index is 753. The zero-order valence-electron chi connectivity index (χ0n) is 13.0. The fourth-order valence-corrected chi connectivity index (χ4v) is 2.54. The average molecular weight is 301 g/mol. The zero-order chi connectivity index (χ0) is 15.4. The third-order valence-corrected chi connectivity index (χ3v) is 3.86. The van der Waals surface area contributed by atoms with Gasteiger partial charge in [0.1, 0.15) is 0 Å². The molecule has 0 amide bonds. The van der Waals surface area contributed by atoms with Crippen molar-refractivity contribution in [3.8, 4) is 0 Å². The van der Waals surface area contributed by atoms with E-state index in [-0.39, 0.29) is 0 Å². The van der Waals surface area contributed by atoms with E-state index in [4.69, 9.17) is 16.6 Å². The van der Waals surface area contributed by atoms with Crippen molar-refractivity contribution in [2.45, 2.75) is 40.0 Å². The molecule has 0 N–H and O–H groups in total. The topological polar surface area (TPSA) is 25.8 Å². The number of aromatic nitrogens is 2. The van der Waals surface area contributed by atoms with Crippen LogP contribution in [-0.2, 0) is 0 Å². The van der Waals surface area contributed by atoms with Crippen LogP contribution in [0.5, 0.6) is 0 Å². The van der Waals surface area contributed by atoms with E-state index in [9.17, 15) is 0 Å². The molecule has 0 saturated heterocycles. The van der Waals surface area contributed by atoms with Crippen molar-refractivity contribution in [1.29, 1.82) is 0 Å². The summed E-state index contributed by atoms with van der Waals surface area (Å²) in [5.74, 6) is 0.390. The summed E-state index contributed by atoms with van der Waals surface area (Å²) in [5.41, 5.74) is 3.02. The van der Waals surface area contributed by atoms with E-state index >= 15 is 0 Å². The fourth-order valence-electron chi connectivity index (χ4n) is 2.37. The lowest BCUT2D eigenvalue weighted by Crippen LogP contribution is -1.99. The molecule has 0 spiro atoms. The van der Waals surface area contributed by atoms with Gasteiger partial charge in [0.25, 0.3) is 0 Å². The van der Waals surface area contributed by atoms with Crippen molar-refractivity contribution in [1.82, 2.24) is 9.97 Å². The van der Waals surface area contributed by atoms with Crippen LogP contribution in [0.15, 0.2) is 36.5 Å². The molecule has 3 aromatic rings. The molecule has 1 atom stereocenters. The summed E-state index contributed by atoms with van der Waals surface area (Å²) in [6, 6.07) is 9.92. The monoisotopic (exact) mass is 300 g/mol. The number of hydrogen-bond acceptors (Lipinski definition) is 2. The molecule has 110 valence electrons. The van der Waals surface area contributed by atoms with Gasteiger partial charge in [0.15, 0.2) is 0 Å². The van der Waals surface area contributed by atoms with Crippen molar-refractivity contribution < 1.29 is 0 Å². The van der Waals surface area contributed by atoms with Gasteiger partial charge < -0.3 is 0 Å². The summed E-state index contributed by atoms with van der Waals surface area (Å²) in [4.78, 5) is 9.32. The van der Waals surface area contributed by atoms with Crippen LogP contribution in [0.3, 0.4) is 0 Å². The van der Waals surface area contributed by atoms with Gasteiger partial charge in [0.05, 0.1) is 16.7 Å². The predicted molar refractivity (Wildman–Crippen MR) is 92.1 cm³/mol. The van der Waals surface area contributed by atoms with Gasteiger partial charge >= 0.3 is 0 Å². The van der Waals surface area contributed by atoms with Crippen molar-refractivity contribution in [2.24, 2.45) is 0 Å². The Kier molecular flexibility index (Phi) is 5.13. The normalized spacial score (nSPS) is 12.0. The van der Waals surface area contributed by atoms with Gasteiger partial charge in [-0.25, -0.2) is 0 Å². The van der Waals surface area contributed by atoms with Gasteiger partial charge in [-0.05, 0) is 24.6 Å². The molecule has 0 aliphatic carbocycles. The largest absolute Gasteiger partial charge is 0.254 e. The molecule has 1 unspecified atom stereocenters. The first-order valence-electron chi connectivity index (χ1n) is 7.54. The van der Waals surface area contributed by atoms with E-state index in [0.29, 0.717) is 5.92 Å². The molecule has 3 heteroatoms. The van der Waals surface area contributed by atoms with Crippen LogP contribution in [0.4, 0.5) is 0 Å². The SMILES string of the molecule is CC.CCC(C)c1nc2cc(Cl)ccc2c2cccnc12. The molecule has 2 aromatic heterocycles. The third-order valence-electron chi connectivity index (χ3n) is 3.62. The number of pyridine rings is 2. The molecule has 0 aliphatic rings. The highest BCUT2D eigenvalue weighted by Gasteiger charge is 2.13. The minimum atomic E-state index is 0.390. The highest BCUT2D eigenvalue weighted by molar-refractivity contribution is 6.31. The smallest absolute Gasteiger partial charge is 0.0926 e. The first kappa shape index (κ1) is 15.7. The highest BCUT2D eigenvalue weighted by Crippen LogP contribution is 2.31. The standard InChI is InChI=1S/C16H15ClN2.C2H6/c1-3-10(2)15-16-13(5-4-8-18-16)12-7-6-11(17)9-14(12)19-15;1-2/h4-10H,3H2,1-2H3;1-2H3. The van der Waals surface area contributed by atoms with Crippen LogP contribution in [0, 0.1) is 0 Å². The Morgan fingerprint density at radius 1 is 1.14 bits per heavy atom. The van der Waals surface area contributed by atoms with Gasteiger partial charge in [-0.1, -0.05) is 51.4 Å². The number of benzene rings is 1. The van der Waals surface area contributed by atoms with Gasteiger partial charge in [-0.15, -0.1) is 0 Å². The van der Waals surface area contributed by atoms with Crippen molar-refractivity contribution >= 4 is 33.4 Å². The second kappa shape index (κ2) is 6.86. The van der Waals surface area contributed by atoms with Gasteiger partial charge in [0.2, 0.25) is 0 Å². The Hall–Kier alpha value is -1.67. The summed E-state index contributed by atoms with van der Waals surface area (Å²) < 4.78 is 0. The maximum Gasteiger partial charge on any atom is 0.0926 e. The second-order valence-corrected chi connectivity index (χ2v) is 5.30. The lowest BCUT2D eigenvalue weighted by atomic mass is 9.99. The lowest BCUT2D eigenvalue weighted by molar-refractivity contribution is 0.717. The maximum absolute atomic E-state index is 6.08. The minimum absolute atomic E-state index is 0.390. The Balaban J connectivity index is 0.000000774. The first-order valence-corrected chi connectivity index (χ1v) is 7.92. The number of hydrogen-bond donors (Lipinski definition) is 0. The van der Waals surface area contributed by atoms with E-state index in [1.54, 1.807) is 0 Å². The highest BCUT2D eigenvalue weighted by atomic mass is 35.5. The minimum Gasteiger partial charge on any atom is -0.254 e. The molecule has 2 heterocycles. The summed E-state index contributed by atoms with van der Waals surface area (Å²) in [6.07, 6.45) is 2.88. The molecule has 21 heavy (non-hydrogen) atoms. The van der Waals surface area contributed by atoms with Crippen LogP contribution >= 0.6 is 11.6 Å². The lowest BCUT2D eigenvalue weighted by Gasteiger charge is -2.13. The molecular formula is C18H21ClN2. The molecule has 0 radical (unpaired) electrons. The first-order chi connectivity index (χ1) is 10.2. The summed E-state index contributed by atoms with van der Waals surface area (Å²) in [5, 5.41) is 2.98. The van der Waals surface area contributed by atoms with Gasteiger partial charge in [-0.2, -0.15) is 0 Å². The molecule has 2 nitrogen and oxygen atoms in total. The van der Waals surface area contributed by atoms with Crippen molar-refractivity contribution in [3.63, 3.8) is 0 Å². The molecule has 1 aromatic carbocycles. The Morgan fingerprint density at radius 3 is 2.62 bits per heavy atom. The van der Waals surface area contributed by atoms with Crippen LogP contribution in [0.2, 0.25) is 5.02 Å². The quantitative estimate of drug-likeness (QED) is 0.544. The van der Waals surface area contributed by atoms with Crippen molar-refractivity contribution in [3.05, 3.63) is 47.2 Å². The van der Waals surface area contributed by atoms with E-state index in [1.807, 2.05) is 44.3 Å². The Labute approximate surface area is 131 Å². The van der Waals surface area contributed by atoms with E-state index < -0.39 is 0 Å². The van der Waals surface area contributed by atoms with Crippen LogP contribution < -0.4 is 0 Å². The zero-order valence-corrected chi connectivity index (χ0v) is 13.8. The van der Waals surface area contributed by atoms with Crippen LogP contribution in [0.1, 0.15) is 45.7 Å². The van der Waals surface area contributed by atoms with Gasteiger partial charge in [-0.3, -0.25) is 9.97 Å². The predicted octanol–water partition coefficient (Wildman–Crippen LogP) is 5.98. The molecular weight excluding hydrogens is 280 g/mol. The van der Waals surface area contributed by atoms with Crippen molar-refractivity contribution in [2.75, 3.05) is 0 Å². The number of nitrogens with zero attached hydrogens (tertiary/aromatic N) is 2. The van der Waals surface area contributed by atoms with E-state index in [2.05, 4.69) is 24.9 Å². The second-order valence-electron chi connectivity index (χ2n) is 4.87. The molecule has 0 bridgehead atoms. The van der Waals surface area contributed by atoms with E-state index in [1.165, 1.54) is 0 Å². The third kappa shape index (κ3) is 3.01. The summed E-state index contributed by atoms with van der Waals surface area (Å²) in [6.45, 7) is 8.36. The number of fused-ring (bicyclic) bond motifs is 3. The summed E-state index contributed by atoms with van der Waals surface area (Å²) in [7, 11) is 0. The molecule has 0 fully saturated rings. The Morgan fingerprint density at radius 2 is 1.90 bits per heavy atom. The van der Waals surface area contributed by atoms with E-state index in [0.717, 1.165) is 38.9 Å². The fraction of sp³-hybridized carbons (Fsp3) is 0.333. The molecule has 0 aliphatic heterocycles. The molecule has 3 rings (SSSR count).